The minimum absolute atomic E-state index is 0.0398. The van der Waals surface area contributed by atoms with Crippen LogP contribution >= 0.6 is 0 Å². The number of aromatic nitrogens is 1. The van der Waals surface area contributed by atoms with E-state index in [4.69, 9.17) is 0 Å². The SMILES string of the molecule is Cc1c(C(=O)N2C(Cc3ccccc3)CCS2(=O)=O)ccn1CC1CC1. The van der Waals surface area contributed by atoms with E-state index in [0.717, 1.165) is 22.1 Å². The van der Waals surface area contributed by atoms with Crippen molar-refractivity contribution < 1.29 is 13.2 Å². The average Bonchev–Trinajstić information content (AvgIpc) is 3.29. The van der Waals surface area contributed by atoms with Gasteiger partial charge in [-0.3, -0.25) is 4.79 Å². The average molecular weight is 372 g/mol. The number of hydrogen-bond donors (Lipinski definition) is 0. The number of hydrogen-bond acceptors (Lipinski definition) is 3. The van der Waals surface area contributed by atoms with Crippen molar-refractivity contribution in [3.05, 3.63) is 59.4 Å². The second-order valence-corrected chi connectivity index (χ2v) is 9.43. The summed E-state index contributed by atoms with van der Waals surface area (Å²) in [4.78, 5) is 13.1. The second kappa shape index (κ2) is 6.58. The highest BCUT2D eigenvalue weighted by molar-refractivity contribution is 7.89. The van der Waals surface area contributed by atoms with Gasteiger partial charge in [0.05, 0.1) is 17.4 Å². The summed E-state index contributed by atoms with van der Waals surface area (Å²) in [6, 6.07) is 11.2. The summed E-state index contributed by atoms with van der Waals surface area (Å²) in [5, 5.41) is 0. The van der Waals surface area contributed by atoms with Gasteiger partial charge in [0.25, 0.3) is 5.91 Å². The number of sulfonamides is 1. The van der Waals surface area contributed by atoms with Crippen molar-refractivity contribution in [2.45, 2.75) is 45.2 Å². The first-order chi connectivity index (χ1) is 12.5. The van der Waals surface area contributed by atoms with Crippen LogP contribution < -0.4 is 0 Å². The number of rotatable bonds is 5. The van der Waals surface area contributed by atoms with E-state index in [0.29, 0.717) is 24.3 Å². The molecule has 2 heterocycles. The minimum atomic E-state index is -3.55. The summed E-state index contributed by atoms with van der Waals surface area (Å²) in [6.45, 7) is 2.82. The monoisotopic (exact) mass is 372 g/mol. The molecule has 1 aliphatic carbocycles. The number of benzene rings is 1. The van der Waals surface area contributed by atoms with Gasteiger partial charge in [0.1, 0.15) is 0 Å². The second-order valence-electron chi connectivity index (χ2n) is 7.46. The topological polar surface area (TPSA) is 59.4 Å². The fourth-order valence-electron chi connectivity index (χ4n) is 3.76. The molecule has 1 amide bonds. The van der Waals surface area contributed by atoms with Gasteiger partial charge < -0.3 is 4.57 Å². The Morgan fingerprint density at radius 2 is 1.85 bits per heavy atom. The number of amides is 1. The predicted molar refractivity (Wildman–Crippen MR) is 100 cm³/mol. The molecule has 0 radical (unpaired) electrons. The van der Waals surface area contributed by atoms with E-state index in [2.05, 4.69) is 4.57 Å². The van der Waals surface area contributed by atoms with Crippen LogP contribution in [0.25, 0.3) is 0 Å². The quantitative estimate of drug-likeness (QED) is 0.811. The van der Waals surface area contributed by atoms with E-state index in [9.17, 15) is 13.2 Å². The Labute approximate surface area is 154 Å². The van der Waals surface area contributed by atoms with Crippen LogP contribution in [0.1, 0.15) is 40.9 Å². The van der Waals surface area contributed by atoms with Crippen LogP contribution in [0.5, 0.6) is 0 Å². The molecule has 1 atom stereocenters. The lowest BCUT2D eigenvalue weighted by Crippen LogP contribution is -2.40. The first kappa shape index (κ1) is 17.3. The first-order valence-electron chi connectivity index (χ1n) is 9.22. The Morgan fingerprint density at radius 3 is 2.54 bits per heavy atom. The summed E-state index contributed by atoms with van der Waals surface area (Å²) < 4.78 is 28.4. The summed E-state index contributed by atoms with van der Waals surface area (Å²) in [6.07, 6.45) is 5.44. The van der Waals surface area contributed by atoms with Crippen molar-refractivity contribution in [3.8, 4) is 0 Å². The molecule has 1 saturated heterocycles. The van der Waals surface area contributed by atoms with Crippen molar-refractivity contribution in [1.29, 1.82) is 0 Å². The maximum atomic E-state index is 13.1. The third-order valence-electron chi connectivity index (χ3n) is 5.48. The minimum Gasteiger partial charge on any atom is -0.351 e. The molecule has 5 nitrogen and oxygen atoms in total. The molecule has 138 valence electrons. The molecule has 4 rings (SSSR count). The number of carbonyl (C=O) groups excluding carboxylic acids is 1. The van der Waals surface area contributed by atoms with Crippen molar-refractivity contribution in [2.75, 3.05) is 5.75 Å². The van der Waals surface area contributed by atoms with Crippen LogP contribution in [0.4, 0.5) is 0 Å². The molecule has 2 aromatic rings. The van der Waals surface area contributed by atoms with E-state index in [1.54, 1.807) is 6.07 Å². The Morgan fingerprint density at radius 1 is 1.12 bits per heavy atom. The Kier molecular flexibility index (Phi) is 4.39. The molecule has 1 aliphatic heterocycles. The van der Waals surface area contributed by atoms with Crippen molar-refractivity contribution in [1.82, 2.24) is 8.87 Å². The smallest absolute Gasteiger partial charge is 0.269 e. The predicted octanol–water partition coefficient (Wildman–Crippen LogP) is 2.99. The fraction of sp³-hybridized carbons (Fsp3) is 0.450. The highest BCUT2D eigenvalue weighted by Crippen LogP contribution is 2.32. The Balaban J connectivity index is 1.60. The Bertz CT molecular complexity index is 914. The fourth-order valence-corrected chi connectivity index (χ4v) is 5.52. The third kappa shape index (κ3) is 3.30. The van der Waals surface area contributed by atoms with Gasteiger partial charge in [-0.2, -0.15) is 0 Å². The van der Waals surface area contributed by atoms with Gasteiger partial charge in [-0.15, -0.1) is 0 Å². The van der Waals surface area contributed by atoms with E-state index in [1.807, 2.05) is 43.5 Å². The van der Waals surface area contributed by atoms with Gasteiger partial charge in [-0.05, 0) is 50.2 Å². The lowest BCUT2D eigenvalue weighted by molar-refractivity contribution is 0.0831. The van der Waals surface area contributed by atoms with Crippen LogP contribution in [0.15, 0.2) is 42.6 Å². The molecule has 6 heteroatoms. The van der Waals surface area contributed by atoms with Crippen molar-refractivity contribution in [2.24, 2.45) is 5.92 Å². The largest absolute Gasteiger partial charge is 0.351 e. The zero-order chi connectivity index (χ0) is 18.3. The van der Waals surface area contributed by atoms with Gasteiger partial charge in [0, 0.05) is 18.4 Å². The van der Waals surface area contributed by atoms with Gasteiger partial charge in [-0.25, -0.2) is 12.7 Å². The zero-order valence-corrected chi connectivity index (χ0v) is 15.8. The van der Waals surface area contributed by atoms with E-state index in [-0.39, 0.29) is 17.7 Å². The normalized spacial score (nSPS) is 21.9. The molecular weight excluding hydrogens is 348 g/mol. The van der Waals surface area contributed by atoms with E-state index in [1.165, 1.54) is 12.8 Å². The van der Waals surface area contributed by atoms with Crippen molar-refractivity contribution in [3.63, 3.8) is 0 Å². The molecule has 0 bridgehead atoms. The maximum Gasteiger partial charge on any atom is 0.269 e. The van der Waals surface area contributed by atoms with Gasteiger partial charge in [0.15, 0.2) is 0 Å². The van der Waals surface area contributed by atoms with Crippen LogP contribution in [0.2, 0.25) is 0 Å². The number of nitrogens with zero attached hydrogens (tertiary/aromatic N) is 2. The molecule has 0 N–H and O–H groups in total. The lowest BCUT2D eigenvalue weighted by Gasteiger charge is -2.23. The van der Waals surface area contributed by atoms with Gasteiger partial charge >= 0.3 is 0 Å². The molecular formula is C20H24N2O3S. The summed E-state index contributed by atoms with van der Waals surface area (Å²) in [5.74, 6) is 0.360. The molecule has 1 aromatic heterocycles. The summed E-state index contributed by atoms with van der Waals surface area (Å²) in [7, 11) is -3.55. The molecule has 0 spiro atoms. The standard InChI is InChI=1S/C20H24N2O3S/c1-15-19(9-11-21(15)14-17-7-8-17)20(23)22-18(10-12-26(22,24)25)13-16-5-3-2-4-6-16/h2-6,9,11,17-18H,7-8,10,12-14H2,1H3. The highest BCUT2D eigenvalue weighted by atomic mass is 32.2. The Hall–Kier alpha value is -2.08. The first-order valence-corrected chi connectivity index (χ1v) is 10.8. The molecule has 2 fully saturated rings. The molecule has 1 saturated carbocycles. The van der Waals surface area contributed by atoms with Gasteiger partial charge in [-0.1, -0.05) is 30.3 Å². The zero-order valence-electron chi connectivity index (χ0n) is 15.0. The molecule has 2 aliphatic rings. The molecule has 1 unspecified atom stereocenters. The molecule has 1 aromatic carbocycles. The summed E-state index contributed by atoms with van der Waals surface area (Å²) >= 11 is 0. The summed E-state index contributed by atoms with van der Waals surface area (Å²) in [5.41, 5.74) is 2.42. The maximum absolute atomic E-state index is 13.1. The van der Waals surface area contributed by atoms with Crippen molar-refractivity contribution >= 4 is 15.9 Å². The molecule has 26 heavy (non-hydrogen) atoms. The third-order valence-corrected chi connectivity index (χ3v) is 7.29. The number of carbonyl (C=O) groups is 1. The van der Waals surface area contributed by atoms with Crippen LogP contribution in [-0.4, -0.2) is 35.0 Å². The van der Waals surface area contributed by atoms with E-state index >= 15 is 0 Å². The van der Waals surface area contributed by atoms with E-state index < -0.39 is 10.0 Å². The van der Waals surface area contributed by atoms with Crippen LogP contribution in [0.3, 0.4) is 0 Å². The van der Waals surface area contributed by atoms with Crippen LogP contribution in [-0.2, 0) is 23.0 Å². The van der Waals surface area contributed by atoms with Gasteiger partial charge in [0.2, 0.25) is 10.0 Å². The lowest BCUT2D eigenvalue weighted by atomic mass is 10.0. The highest BCUT2D eigenvalue weighted by Gasteiger charge is 2.41. The van der Waals surface area contributed by atoms with Crippen LogP contribution in [0, 0.1) is 12.8 Å².